The number of nitrogens with one attached hydrogen (secondary N) is 1. The number of amides is 1. The first-order valence-electron chi connectivity index (χ1n) is 7.39. The summed E-state index contributed by atoms with van der Waals surface area (Å²) in [7, 11) is 1.73. The molecule has 22 heavy (non-hydrogen) atoms. The van der Waals surface area contributed by atoms with Crippen LogP contribution in [-0.2, 0) is 7.05 Å². The summed E-state index contributed by atoms with van der Waals surface area (Å²) in [5, 5.41) is 9.55. The van der Waals surface area contributed by atoms with E-state index in [1.54, 1.807) is 25.3 Å². The largest absolute Gasteiger partial charge is 0.321 e. The SMILES string of the molecule is Cc1nn(C)c(Cl)c1C(=O)Nc1ccsc1C(C)CC(C)C. The average molecular weight is 340 g/mol. The van der Waals surface area contributed by atoms with Gasteiger partial charge in [-0.1, -0.05) is 32.4 Å². The molecule has 0 bridgehead atoms. The van der Waals surface area contributed by atoms with Crippen molar-refractivity contribution >= 4 is 34.5 Å². The summed E-state index contributed by atoms with van der Waals surface area (Å²) in [6.45, 7) is 8.41. The number of anilines is 1. The van der Waals surface area contributed by atoms with Gasteiger partial charge in [-0.3, -0.25) is 9.48 Å². The molecule has 0 fully saturated rings. The van der Waals surface area contributed by atoms with E-state index in [-0.39, 0.29) is 5.91 Å². The van der Waals surface area contributed by atoms with Crippen molar-refractivity contribution in [3.8, 4) is 0 Å². The Morgan fingerprint density at radius 3 is 2.68 bits per heavy atom. The maximum atomic E-state index is 12.5. The van der Waals surface area contributed by atoms with Crippen molar-refractivity contribution in [1.29, 1.82) is 0 Å². The highest BCUT2D eigenvalue weighted by atomic mass is 35.5. The van der Waals surface area contributed by atoms with Crippen LogP contribution >= 0.6 is 22.9 Å². The smallest absolute Gasteiger partial charge is 0.260 e. The Hall–Kier alpha value is -1.33. The molecular formula is C16H22ClN3OS. The molecule has 2 aromatic rings. The number of hydrogen-bond donors (Lipinski definition) is 1. The third-order valence-electron chi connectivity index (χ3n) is 3.60. The van der Waals surface area contributed by atoms with Crippen molar-refractivity contribution in [2.24, 2.45) is 13.0 Å². The summed E-state index contributed by atoms with van der Waals surface area (Å²) < 4.78 is 1.52. The number of thiophene rings is 1. The van der Waals surface area contributed by atoms with Crippen molar-refractivity contribution in [2.45, 2.75) is 40.0 Å². The minimum Gasteiger partial charge on any atom is -0.321 e. The summed E-state index contributed by atoms with van der Waals surface area (Å²) in [5.74, 6) is 0.837. The minimum atomic E-state index is -0.202. The maximum absolute atomic E-state index is 12.5. The van der Waals surface area contributed by atoms with Crippen LogP contribution < -0.4 is 5.32 Å². The van der Waals surface area contributed by atoms with Gasteiger partial charge in [0, 0.05) is 11.9 Å². The van der Waals surface area contributed by atoms with Crippen molar-refractivity contribution in [2.75, 3.05) is 5.32 Å². The molecule has 0 aliphatic heterocycles. The van der Waals surface area contributed by atoms with Gasteiger partial charge in [-0.05, 0) is 36.6 Å². The van der Waals surface area contributed by atoms with E-state index in [1.165, 1.54) is 9.56 Å². The summed E-state index contributed by atoms with van der Waals surface area (Å²) in [4.78, 5) is 13.7. The lowest BCUT2D eigenvalue weighted by molar-refractivity contribution is 0.102. The molecule has 0 saturated carbocycles. The van der Waals surface area contributed by atoms with Gasteiger partial charge < -0.3 is 5.32 Å². The normalized spacial score (nSPS) is 12.7. The third kappa shape index (κ3) is 3.52. The summed E-state index contributed by atoms with van der Waals surface area (Å²) in [6, 6.07) is 1.95. The highest BCUT2D eigenvalue weighted by molar-refractivity contribution is 7.10. The van der Waals surface area contributed by atoms with Gasteiger partial charge in [-0.2, -0.15) is 5.10 Å². The quantitative estimate of drug-likeness (QED) is 0.846. The number of rotatable bonds is 5. The predicted molar refractivity (Wildman–Crippen MR) is 93.1 cm³/mol. The summed E-state index contributed by atoms with van der Waals surface area (Å²) >= 11 is 7.84. The van der Waals surface area contributed by atoms with Crippen LogP contribution in [0.1, 0.15) is 54.0 Å². The Morgan fingerprint density at radius 1 is 1.45 bits per heavy atom. The molecule has 6 heteroatoms. The maximum Gasteiger partial charge on any atom is 0.260 e. The lowest BCUT2D eigenvalue weighted by Crippen LogP contribution is -2.14. The fraction of sp³-hybridized carbons (Fsp3) is 0.500. The number of halogens is 1. The second kappa shape index (κ2) is 6.84. The fourth-order valence-electron chi connectivity index (χ4n) is 2.69. The van der Waals surface area contributed by atoms with Crippen LogP contribution in [-0.4, -0.2) is 15.7 Å². The lowest BCUT2D eigenvalue weighted by Gasteiger charge is -2.15. The molecule has 0 aliphatic rings. The number of aryl methyl sites for hydroxylation is 2. The topological polar surface area (TPSA) is 46.9 Å². The molecular weight excluding hydrogens is 318 g/mol. The molecule has 2 heterocycles. The molecule has 1 amide bonds. The van der Waals surface area contributed by atoms with Crippen molar-refractivity contribution in [3.05, 3.63) is 32.7 Å². The predicted octanol–water partition coefficient (Wildman–Crippen LogP) is 4.85. The van der Waals surface area contributed by atoms with E-state index < -0.39 is 0 Å². The third-order valence-corrected chi connectivity index (χ3v) is 5.18. The highest BCUT2D eigenvalue weighted by Gasteiger charge is 2.21. The van der Waals surface area contributed by atoms with Crippen molar-refractivity contribution < 1.29 is 4.79 Å². The lowest BCUT2D eigenvalue weighted by atomic mass is 9.97. The Labute approximate surface area is 140 Å². The van der Waals surface area contributed by atoms with Crippen LogP contribution in [0.4, 0.5) is 5.69 Å². The van der Waals surface area contributed by atoms with Crippen LogP contribution in [0.25, 0.3) is 0 Å². The van der Waals surface area contributed by atoms with Gasteiger partial charge in [0.2, 0.25) is 0 Å². The minimum absolute atomic E-state index is 0.202. The van der Waals surface area contributed by atoms with E-state index in [2.05, 4.69) is 31.2 Å². The molecule has 0 aliphatic carbocycles. The Balaban J connectivity index is 2.21. The second-order valence-corrected chi connectivity index (χ2v) is 7.36. The first-order valence-corrected chi connectivity index (χ1v) is 8.64. The molecule has 2 rings (SSSR count). The Morgan fingerprint density at radius 2 is 2.14 bits per heavy atom. The van der Waals surface area contributed by atoms with Crippen molar-refractivity contribution in [1.82, 2.24) is 9.78 Å². The number of carbonyl (C=O) groups excluding carboxylic acids is 1. The van der Waals surface area contributed by atoms with Gasteiger partial charge in [0.25, 0.3) is 5.91 Å². The van der Waals surface area contributed by atoms with Crippen LogP contribution in [0.5, 0.6) is 0 Å². The van der Waals surface area contributed by atoms with E-state index in [1.807, 2.05) is 11.4 Å². The Kier molecular flexibility index (Phi) is 5.29. The first-order chi connectivity index (χ1) is 10.3. The molecule has 1 N–H and O–H groups in total. The molecule has 0 saturated heterocycles. The molecule has 1 atom stereocenters. The molecule has 1 unspecified atom stereocenters. The first kappa shape index (κ1) is 17.0. The molecule has 0 aromatic carbocycles. The molecule has 0 radical (unpaired) electrons. The van der Waals surface area contributed by atoms with E-state index in [0.717, 1.165) is 12.1 Å². The van der Waals surface area contributed by atoms with Gasteiger partial charge >= 0.3 is 0 Å². The highest BCUT2D eigenvalue weighted by Crippen LogP contribution is 2.34. The zero-order valence-electron chi connectivity index (χ0n) is 13.6. The second-order valence-electron chi connectivity index (χ2n) is 6.06. The van der Waals surface area contributed by atoms with Gasteiger partial charge in [-0.25, -0.2) is 0 Å². The van der Waals surface area contributed by atoms with E-state index in [9.17, 15) is 4.79 Å². The van der Waals surface area contributed by atoms with Crippen LogP contribution in [0.15, 0.2) is 11.4 Å². The standard InChI is InChI=1S/C16H22ClN3OS/c1-9(2)8-10(3)14-12(6-7-22-14)18-16(21)13-11(4)19-20(5)15(13)17/h6-7,9-10H,8H2,1-5H3,(H,18,21). The zero-order chi connectivity index (χ0) is 16.4. The van der Waals surface area contributed by atoms with Crippen LogP contribution in [0.3, 0.4) is 0 Å². The van der Waals surface area contributed by atoms with E-state index >= 15 is 0 Å². The van der Waals surface area contributed by atoms with Gasteiger partial charge in [0.15, 0.2) is 0 Å². The summed E-state index contributed by atoms with van der Waals surface area (Å²) in [5.41, 5.74) is 1.96. The van der Waals surface area contributed by atoms with E-state index in [4.69, 9.17) is 11.6 Å². The molecule has 0 spiro atoms. The Bertz CT molecular complexity index is 675. The average Bonchev–Trinajstić information content (AvgIpc) is 2.94. The molecule has 2 aromatic heterocycles. The molecule has 120 valence electrons. The van der Waals surface area contributed by atoms with Gasteiger partial charge in [0.1, 0.15) is 5.15 Å². The van der Waals surface area contributed by atoms with Crippen molar-refractivity contribution in [3.63, 3.8) is 0 Å². The number of hydrogen-bond acceptors (Lipinski definition) is 3. The number of carbonyl (C=O) groups is 1. The van der Waals surface area contributed by atoms with Crippen LogP contribution in [0.2, 0.25) is 5.15 Å². The number of aromatic nitrogens is 2. The number of nitrogens with zero attached hydrogens (tertiary/aromatic N) is 2. The monoisotopic (exact) mass is 339 g/mol. The summed E-state index contributed by atoms with van der Waals surface area (Å²) in [6.07, 6.45) is 1.09. The fourth-order valence-corrected chi connectivity index (χ4v) is 3.88. The van der Waals surface area contributed by atoms with E-state index in [0.29, 0.717) is 28.2 Å². The van der Waals surface area contributed by atoms with Gasteiger partial charge in [-0.15, -0.1) is 11.3 Å². The molecule has 4 nitrogen and oxygen atoms in total. The zero-order valence-corrected chi connectivity index (χ0v) is 15.2. The van der Waals surface area contributed by atoms with Crippen LogP contribution in [0, 0.1) is 12.8 Å². The van der Waals surface area contributed by atoms with Gasteiger partial charge in [0.05, 0.1) is 16.9 Å².